The van der Waals surface area contributed by atoms with E-state index in [1.54, 1.807) is 7.11 Å². The van der Waals surface area contributed by atoms with Crippen LogP contribution in [0.3, 0.4) is 0 Å². The minimum atomic E-state index is -0.0319. The van der Waals surface area contributed by atoms with Crippen molar-refractivity contribution in [2.75, 3.05) is 17.3 Å². The Labute approximate surface area is 165 Å². The van der Waals surface area contributed by atoms with Crippen LogP contribution < -0.4 is 15.0 Å². The van der Waals surface area contributed by atoms with Crippen LogP contribution in [0.5, 0.6) is 5.75 Å². The van der Waals surface area contributed by atoms with Crippen molar-refractivity contribution in [3.05, 3.63) is 90.0 Å². The summed E-state index contributed by atoms with van der Waals surface area (Å²) in [5, 5.41) is 3.63. The number of methoxy groups -OCH3 is 1. The Bertz CT molecular complexity index is 971. The minimum absolute atomic E-state index is 0.0319. The van der Waals surface area contributed by atoms with Gasteiger partial charge in [-0.25, -0.2) is 0 Å². The molecule has 4 nitrogen and oxygen atoms in total. The number of fused-ring (bicyclic) bond motifs is 1. The molecule has 0 bridgehead atoms. The van der Waals surface area contributed by atoms with Gasteiger partial charge in [0.15, 0.2) is 0 Å². The molecule has 1 aliphatic rings. The first kappa shape index (κ1) is 18.1. The summed E-state index contributed by atoms with van der Waals surface area (Å²) in [6.07, 6.45) is 0.826. The second-order valence-corrected chi connectivity index (χ2v) is 7.08. The van der Waals surface area contributed by atoms with E-state index >= 15 is 0 Å². The maximum absolute atomic E-state index is 13.4. The molecule has 0 aromatic heterocycles. The Morgan fingerprint density at radius 2 is 1.64 bits per heavy atom. The van der Waals surface area contributed by atoms with E-state index in [0.717, 1.165) is 23.4 Å². The molecule has 0 aliphatic carbocycles. The first-order valence-corrected chi connectivity index (χ1v) is 9.56. The predicted octanol–water partition coefficient (Wildman–Crippen LogP) is 5.29. The molecule has 4 rings (SSSR count). The molecule has 1 aliphatic heterocycles. The quantitative estimate of drug-likeness (QED) is 0.677. The number of rotatable bonds is 4. The number of nitrogens with one attached hydrogen (secondary N) is 1. The standard InChI is InChI=1S/C24H24N2O2/c1-17-16-21(25-18-10-4-3-5-11-18)19-12-6-8-14-22(19)26(17)24(27)20-13-7-9-15-23(20)28-2/h3-15,17,21,25H,16H2,1-2H3/t17-,21-/m1/s1. The molecule has 0 saturated heterocycles. The molecule has 3 aromatic carbocycles. The molecular weight excluding hydrogens is 348 g/mol. The van der Waals surface area contributed by atoms with E-state index in [1.165, 1.54) is 0 Å². The summed E-state index contributed by atoms with van der Waals surface area (Å²) >= 11 is 0. The smallest absolute Gasteiger partial charge is 0.262 e. The monoisotopic (exact) mass is 372 g/mol. The number of nitrogens with zero attached hydrogens (tertiary/aromatic N) is 1. The lowest BCUT2D eigenvalue weighted by molar-refractivity contribution is 0.0971. The van der Waals surface area contributed by atoms with E-state index in [1.807, 2.05) is 65.6 Å². The summed E-state index contributed by atoms with van der Waals surface area (Å²) in [5.74, 6) is 0.567. The molecule has 0 saturated carbocycles. The highest BCUT2D eigenvalue weighted by atomic mass is 16.5. The van der Waals surface area contributed by atoms with Gasteiger partial charge in [-0.05, 0) is 49.2 Å². The molecule has 0 radical (unpaired) electrons. The number of para-hydroxylation sites is 3. The predicted molar refractivity (Wildman–Crippen MR) is 113 cm³/mol. The van der Waals surface area contributed by atoms with Gasteiger partial charge in [-0.3, -0.25) is 4.79 Å². The van der Waals surface area contributed by atoms with Crippen LogP contribution in [0.2, 0.25) is 0 Å². The second-order valence-electron chi connectivity index (χ2n) is 7.08. The summed E-state index contributed by atoms with van der Waals surface area (Å²) < 4.78 is 5.42. The molecule has 1 amide bonds. The number of hydrogen-bond donors (Lipinski definition) is 1. The highest BCUT2D eigenvalue weighted by Crippen LogP contribution is 2.40. The largest absolute Gasteiger partial charge is 0.496 e. The topological polar surface area (TPSA) is 41.6 Å². The Morgan fingerprint density at radius 3 is 2.43 bits per heavy atom. The maximum atomic E-state index is 13.4. The lowest BCUT2D eigenvalue weighted by Crippen LogP contribution is -2.44. The summed E-state index contributed by atoms with van der Waals surface area (Å²) in [5.41, 5.74) is 3.75. The summed E-state index contributed by atoms with van der Waals surface area (Å²) in [7, 11) is 1.60. The van der Waals surface area contributed by atoms with Gasteiger partial charge in [0.2, 0.25) is 0 Å². The molecule has 2 atom stereocenters. The van der Waals surface area contributed by atoms with E-state index in [4.69, 9.17) is 4.74 Å². The number of anilines is 2. The van der Waals surface area contributed by atoms with Crippen LogP contribution in [0.1, 0.15) is 35.3 Å². The number of ether oxygens (including phenoxy) is 1. The normalized spacial score (nSPS) is 18.3. The van der Waals surface area contributed by atoms with Crippen LogP contribution in [0.25, 0.3) is 0 Å². The van der Waals surface area contributed by atoms with Crippen molar-refractivity contribution in [2.45, 2.75) is 25.4 Å². The van der Waals surface area contributed by atoms with Crippen molar-refractivity contribution in [1.29, 1.82) is 0 Å². The van der Waals surface area contributed by atoms with Gasteiger partial charge in [0, 0.05) is 17.4 Å². The Balaban J connectivity index is 1.71. The average molecular weight is 372 g/mol. The van der Waals surface area contributed by atoms with E-state index in [9.17, 15) is 4.79 Å². The van der Waals surface area contributed by atoms with Gasteiger partial charge in [-0.15, -0.1) is 0 Å². The lowest BCUT2D eigenvalue weighted by atomic mass is 9.90. The van der Waals surface area contributed by atoms with Crippen molar-refractivity contribution >= 4 is 17.3 Å². The Hall–Kier alpha value is -3.27. The van der Waals surface area contributed by atoms with E-state index < -0.39 is 0 Å². The molecule has 4 heteroatoms. The van der Waals surface area contributed by atoms with Crippen LogP contribution >= 0.6 is 0 Å². The van der Waals surface area contributed by atoms with Crippen LogP contribution in [-0.2, 0) is 0 Å². The van der Waals surface area contributed by atoms with Gasteiger partial charge in [0.25, 0.3) is 5.91 Å². The zero-order chi connectivity index (χ0) is 19.5. The van der Waals surface area contributed by atoms with E-state index in [2.05, 4.69) is 30.4 Å². The number of carbonyl (C=O) groups is 1. The van der Waals surface area contributed by atoms with Crippen molar-refractivity contribution in [3.8, 4) is 5.75 Å². The summed E-state index contributed by atoms with van der Waals surface area (Å²) in [6.45, 7) is 2.10. The Morgan fingerprint density at radius 1 is 0.964 bits per heavy atom. The molecule has 1 N–H and O–H groups in total. The van der Waals surface area contributed by atoms with Crippen LogP contribution in [0.15, 0.2) is 78.9 Å². The third-order valence-electron chi connectivity index (χ3n) is 5.26. The first-order chi connectivity index (χ1) is 13.7. The van der Waals surface area contributed by atoms with Gasteiger partial charge >= 0.3 is 0 Å². The van der Waals surface area contributed by atoms with E-state index in [-0.39, 0.29) is 18.0 Å². The molecular formula is C24H24N2O2. The lowest BCUT2D eigenvalue weighted by Gasteiger charge is -2.40. The van der Waals surface area contributed by atoms with Crippen molar-refractivity contribution in [2.24, 2.45) is 0 Å². The molecule has 28 heavy (non-hydrogen) atoms. The van der Waals surface area contributed by atoms with Crippen molar-refractivity contribution in [3.63, 3.8) is 0 Å². The fraction of sp³-hybridized carbons (Fsp3) is 0.208. The van der Waals surface area contributed by atoms with Gasteiger partial charge in [-0.1, -0.05) is 48.5 Å². The van der Waals surface area contributed by atoms with Crippen molar-refractivity contribution in [1.82, 2.24) is 0 Å². The van der Waals surface area contributed by atoms with Gasteiger partial charge < -0.3 is 15.0 Å². The molecule has 0 unspecified atom stereocenters. The van der Waals surface area contributed by atoms with Gasteiger partial charge in [0.1, 0.15) is 5.75 Å². The highest BCUT2D eigenvalue weighted by molar-refractivity contribution is 6.09. The van der Waals surface area contributed by atoms with Gasteiger partial charge in [0.05, 0.1) is 18.7 Å². The third kappa shape index (κ3) is 3.33. The summed E-state index contributed by atoms with van der Waals surface area (Å²) in [6, 6.07) is 25.9. The summed E-state index contributed by atoms with van der Waals surface area (Å²) in [4.78, 5) is 15.3. The molecule has 1 heterocycles. The fourth-order valence-electron chi connectivity index (χ4n) is 3.95. The zero-order valence-corrected chi connectivity index (χ0v) is 16.1. The SMILES string of the molecule is COc1ccccc1C(=O)N1c2ccccc2[C@H](Nc2ccccc2)C[C@H]1C. The van der Waals surface area contributed by atoms with Gasteiger partial charge in [-0.2, -0.15) is 0 Å². The molecule has 0 fully saturated rings. The van der Waals surface area contributed by atoms with Crippen LogP contribution in [0.4, 0.5) is 11.4 Å². The second kappa shape index (κ2) is 7.77. The fourth-order valence-corrected chi connectivity index (χ4v) is 3.95. The average Bonchev–Trinajstić information content (AvgIpc) is 2.74. The minimum Gasteiger partial charge on any atom is -0.496 e. The third-order valence-corrected chi connectivity index (χ3v) is 5.26. The maximum Gasteiger partial charge on any atom is 0.262 e. The molecule has 0 spiro atoms. The molecule has 142 valence electrons. The number of benzene rings is 3. The van der Waals surface area contributed by atoms with Crippen LogP contribution in [0, 0.1) is 0 Å². The number of amides is 1. The number of carbonyl (C=O) groups excluding carboxylic acids is 1. The van der Waals surface area contributed by atoms with Crippen LogP contribution in [-0.4, -0.2) is 19.1 Å². The molecule has 3 aromatic rings. The number of hydrogen-bond acceptors (Lipinski definition) is 3. The Kier molecular flexibility index (Phi) is 5.02. The highest BCUT2D eigenvalue weighted by Gasteiger charge is 2.34. The van der Waals surface area contributed by atoms with E-state index in [0.29, 0.717) is 11.3 Å². The van der Waals surface area contributed by atoms with Crippen molar-refractivity contribution < 1.29 is 9.53 Å². The first-order valence-electron chi connectivity index (χ1n) is 9.56. The zero-order valence-electron chi connectivity index (χ0n) is 16.1.